The number of nitrogens with one attached hydrogen (secondary N) is 1. The molecule has 2 aliphatic rings. The second kappa shape index (κ2) is 8.69. The van der Waals surface area contributed by atoms with Crippen LogP contribution < -0.4 is 10.9 Å². The lowest BCUT2D eigenvalue weighted by Gasteiger charge is -2.20. The number of hydrogen-bond acceptors (Lipinski definition) is 9. The SMILES string of the molecule is COCCNc1nc2ccccn2c(=O)c1/C=C1\SC(=S)N([C@@H]2CCS(=O)(=O)C2)C1=O. The number of aromatic nitrogens is 2. The van der Waals surface area contributed by atoms with Crippen molar-refractivity contribution in [3.8, 4) is 0 Å². The molecule has 4 rings (SSSR count). The van der Waals surface area contributed by atoms with Gasteiger partial charge in [-0.3, -0.25) is 18.9 Å². The first-order valence-electron chi connectivity index (χ1n) is 9.52. The van der Waals surface area contributed by atoms with E-state index in [1.54, 1.807) is 31.5 Å². The van der Waals surface area contributed by atoms with Gasteiger partial charge in [-0.1, -0.05) is 30.0 Å². The molecule has 12 heteroatoms. The van der Waals surface area contributed by atoms with Gasteiger partial charge in [0.15, 0.2) is 9.84 Å². The molecule has 0 spiro atoms. The lowest BCUT2D eigenvalue weighted by atomic mass is 10.2. The van der Waals surface area contributed by atoms with Crippen LogP contribution in [-0.2, 0) is 19.4 Å². The van der Waals surface area contributed by atoms with Crippen LogP contribution in [0.3, 0.4) is 0 Å². The third-order valence-corrected chi connectivity index (χ3v) is 8.12. The van der Waals surface area contributed by atoms with Crippen LogP contribution in [0.2, 0.25) is 0 Å². The first kappa shape index (κ1) is 21.9. The van der Waals surface area contributed by atoms with Crippen LogP contribution in [0.5, 0.6) is 0 Å². The number of anilines is 1. The fourth-order valence-electron chi connectivity index (χ4n) is 3.54. The van der Waals surface area contributed by atoms with Gasteiger partial charge in [-0.05, 0) is 24.6 Å². The minimum Gasteiger partial charge on any atom is -0.383 e. The van der Waals surface area contributed by atoms with Gasteiger partial charge in [0.05, 0.1) is 34.6 Å². The molecule has 164 valence electrons. The van der Waals surface area contributed by atoms with Crippen LogP contribution in [0.1, 0.15) is 12.0 Å². The Hall–Kier alpha value is -2.28. The molecule has 0 bridgehead atoms. The second-order valence-corrected chi connectivity index (χ2v) is 11.0. The third-order valence-electron chi connectivity index (χ3n) is 5.04. The molecular formula is C19H20N4O5S3. The number of thioether (sulfide) groups is 1. The van der Waals surface area contributed by atoms with E-state index in [9.17, 15) is 18.0 Å². The van der Waals surface area contributed by atoms with Crippen LogP contribution in [0, 0.1) is 0 Å². The molecule has 1 atom stereocenters. The van der Waals surface area contributed by atoms with Crippen LogP contribution >= 0.6 is 24.0 Å². The van der Waals surface area contributed by atoms with Crippen molar-refractivity contribution in [2.75, 3.05) is 37.1 Å². The molecule has 0 aliphatic carbocycles. The summed E-state index contributed by atoms with van der Waals surface area (Å²) in [6, 6.07) is 4.74. The van der Waals surface area contributed by atoms with E-state index in [-0.39, 0.29) is 27.5 Å². The van der Waals surface area contributed by atoms with Crippen molar-refractivity contribution in [1.29, 1.82) is 0 Å². The fourth-order valence-corrected chi connectivity index (χ4v) is 6.63. The predicted molar refractivity (Wildman–Crippen MR) is 124 cm³/mol. The number of carbonyl (C=O) groups is 1. The monoisotopic (exact) mass is 480 g/mol. The number of pyridine rings is 1. The predicted octanol–water partition coefficient (Wildman–Crippen LogP) is 1.14. The number of ether oxygens (including phenoxy) is 1. The number of sulfone groups is 1. The minimum atomic E-state index is -3.17. The van der Waals surface area contributed by atoms with Crippen molar-refractivity contribution in [2.45, 2.75) is 12.5 Å². The van der Waals surface area contributed by atoms with Crippen molar-refractivity contribution >= 4 is 61.6 Å². The zero-order chi connectivity index (χ0) is 22.2. The number of nitrogens with zero attached hydrogens (tertiary/aromatic N) is 3. The Morgan fingerprint density at radius 1 is 1.39 bits per heavy atom. The first-order chi connectivity index (χ1) is 14.8. The maximum atomic E-state index is 13.1. The number of methoxy groups -OCH3 is 1. The Bertz CT molecular complexity index is 1250. The van der Waals surface area contributed by atoms with Gasteiger partial charge < -0.3 is 10.1 Å². The number of rotatable bonds is 6. The third kappa shape index (κ3) is 4.38. The number of hydrogen-bond donors (Lipinski definition) is 1. The topological polar surface area (TPSA) is 110 Å². The summed E-state index contributed by atoms with van der Waals surface area (Å²) in [4.78, 5) is 32.3. The molecule has 1 N–H and O–H groups in total. The number of carbonyl (C=O) groups excluding carboxylic acids is 1. The fraction of sp³-hybridized carbons (Fsp3) is 0.368. The van der Waals surface area contributed by atoms with Crippen LogP contribution in [0.15, 0.2) is 34.1 Å². The molecule has 2 aromatic heterocycles. The van der Waals surface area contributed by atoms with E-state index >= 15 is 0 Å². The van der Waals surface area contributed by atoms with Crippen molar-refractivity contribution in [3.63, 3.8) is 0 Å². The Balaban J connectivity index is 1.73. The molecular weight excluding hydrogens is 460 g/mol. The van der Waals surface area contributed by atoms with Gasteiger partial charge in [0, 0.05) is 19.9 Å². The Morgan fingerprint density at radius 2 is 2.19 bits per heavy atom. The zero-order valence-electron chi connectivity index (χ0n) is 16.6. The lowest BCUT2D eigenvalue weighted by Crippen LogP contribution is -2.39. The summed E-state index contributed by atoms with van der Waals surface area (Å²) in [6.45, 7) is 0.835. The van der Waals surface area contributed by atoms with E-state index in [0.717, 1.165) is 11.8 Å². The highest BCUT2D eigenvalue weighted by atomic mass is 32.2. The van der Waals surface area contributed by atoms with Gasteiger partial charge in [-0.25, -0.2) is 13.4 Å². The van der Waals surface area contributed by atoms with E-state index in [4.69, 9.17) is 17.0 Å². The molecule has 1 amide bonds. The van der Waals surface area contributed by atoms with E-state index in [1.165, 1.54) is 15.4 Å². The molecule has 0 aromatic carbocycles. The van der Waals surface area contributed by atoms with Crippen molar-refractivity contribution in [2.24, 2.45) is 0 Å². The molecule has 2 aliphatic heterocycles. The average Bonchev–Trinajstić information content (AvgIpc) is 3.22. The highest BCUT2D eigenvalue weighted by Crippen LogP contribution is 2.36. The zero-order valence-corrected chi connectivity index (χ0v) is 19.1. The summed E-state index contributed by atoms with van der Waals surface area (Å²) >= 11 is 6.41. The number of fused-ring (bicyclic) bond motifs is 1. The largest absolute Gasteiger partial charge is 0.383 e. The van der Waals surface area contributed by atoms with Crippen LogP contribution in [-0.4, -0.2) is 70.7 Å². The van der Waals surface area contributed by atoms with Gasteiger partial charge >= 0.3 is 0 Å². The number of thiocarbonyl (C=S) groups is 1. The van der Waals surface area contributed by atoms with Gasteiger partial charge in [0.2, 0.25) is 0 Å². The maximum absolute atomic E-state index is 13.1. The molecule has 9 nitrogen and oxygen atoms in total. The Labute approximate surface area is 188 Å². The summed E-state index contributed by atoms with van der Waals surface area (Å²) in [5.74, 6) is -0.118. The summed E-state index contributed by atoms with van der Waals surface area (Å²) < 4.78 is 30.4. The molecule has 31 heavy (non-hydrogen) atoms. The van der Waals surface area contributed by atoms with Gasteiger partial charge in [-0.15, -0.1) is 0 Å². The molecule has 0 radical (unpaired) electrons. The second-order valence-electron chi connectivity index (χ2n) is 7.14. The van der Waals surface area contributed by atoms with Crippen LogP contribution in [0.25, 0.3) is 11.7 Å². The minimum absolute atomic E-state index is 0.0390. The Morgan fingerprint density at radius 3 is 2.90 bits per heavy atom. The molecule has 0 unspecified atom stereocenters. The molecule has 0 saturated carbocycles. The average molecular weight is 481 g/mol. The summed E-state index contributed by atoms with van der Waals surface area (Å²) in [5, 5.41) is 3.08. The van der Waals surface area contributed by atoms with Crippen LogP contribution in [0.4, 0.5) is 5.82 Å². The van der Waals surface area contributed by atoms with Gasteiger partial charge in [-0.2, -0.15) is 0 Å². The number of amides is 1. The standard InChI is InChI=1S/C19H20N4O5S3/c1-28-8-6-20-16-13(17(24)22-7-3-2-4-15(22)21-16)10-14-18(25)23(19(29)30-14)12-5-9-31(26,27)11-12/h2-4,7,10,12,20H,5-6,8-9,11H2,1H3/b14-10-/t12-/m1/s1. The van der Waals surface area contributed by atoms with E-state index in [0.29, 0.717) is 35.4 Å². The van der Waals surface area contributed by atoms with Crippen molar-refractivity contribution < 1.29 is 17.9 Å². The summed E-state index contributed by atoms with van der Waals surface area (Å²) in [5.41, 5.74) is 0.354. The highest BCUT2D eigenvalue weighted by molar-refractivity contribution is 8.26. The summed E-state index contributed by atoms with van der Waals surface area (Å²) in [6.07, 6.45) is 3.44. The molecule has 2 saturated heterocycles. The normalized spacial score (nSPS) is 22.0. The summed E-state index contributed by atoms with van der Waals surface area (Å²) in [7, 11) is -1.60. The quantitative estimate of drug-likeness (QED) is 0.370. The van der Waals surface area contributed by atoms with Gasteiger partial charge in [0.25, 0.3) is 11.5 Å². The molecule has 2 fully saturated rings. The van der Waals surface area contributed by atoms with E-state index in [2.05, 4.69) is 10.3 Å². The first-order valence-corrected chi connectivity index (χ1v) is 12.6. The lowest BCUT2D eigenvalue weighted by molar-refractivity contribution is -0.123. The highest BCUT2D eigenvalue weighted by Gasteiger charge is 2.42. The van der Waals surface area contributed by atoms with E-state index < -0.39 is 21.8 Å². The van der Waals surface area contributed by atoms with Gasteiger partial charge in [0.1, 0.15) is 15.8 Å². The molecule has 2 aromatic rings. The van der Waals surface area contributed by atoms with Crippen molar-refractivity contribution in [1.82, 2.24) is 14.3 Å². The van der Waals surface area contributed by atoms with Crippen molar-refractivity contribution in [3.05, 3.63) is 45.2 Å². The smallest absolute Gasteiger partial charge is 0.267 e. The van der Waals surface area contributed by atoms with E-state index in [1.807, 2.05) is 0 Å². The maximum Gasteiger partial charge on any atom is 0.267 e. The molecule has 4 heterocycles. The Kier molecular flexibility index (Phi) is 6.15.